The maximum atomic E-state index is 12.3. The van der Waals surface area contributed by atoms with Crippen LogP contribution in [-0.2, 0) is 4.79 Å². The van der Waals surface area contributed by atoms with Gasteiger partial charge in [0.15, 0.2) is 0 Å². The molecule has 1 saturated carbocycles. The Morgan fingerprint density at radius 3 is 2.48 bits per heavy atom. The van der Waals surface area contributed by atoms with Gasteiger partial charge in [-0.1, -0.05) is 50.6 Å². The van der Waals surface area contributed by atoms with Gasteiger partial charge in [-0.15, -0.1) is 12.4 Å². The highest BCUT2D eigenvalue weighted by Gasteiger charge is 2.27. The maximum absolute atomic E-state index is 12.3. The Balaban J connectivity index is 0.00000220. The minimum absolute atomic E-state index is 0. The van der Waals surface area contributed by atoms with Crippen molar-refractivity contribution in [1.29, 1.82) is 0 Å². The van der Waals surface area contributed by atoms with Crippen molar-refractivity contribution in [3.05, 3.63) is 35.9 Å². The molecule has 0 radical (unpaired) electrons. The molecule has 0 heterocycles. The number of rotatable bonds is 5. The number of hydrogen-bond donors (Lipinski definition) is 2. The van der Waals surface area contributed by atoms with Crippen LogP contribution in [0.2, 0.25) is 0 Å². The van der Waals surface area contributed by atoms with E-state index < -0.39 is 0 Å². The number of carbonyl (C=O) groups excluding carboxylic acids is 1. The quantitative estimate of drug-likeness (QED) is 0.875. The van der Waals surface area contributed by atoms with E-state index in [9.17, 15) is 4.79 Å². The molecule has 1 aromatic carbocycles. The summed E-state index contributed by atoms with van der Waals surface area (Å²) in [6.45, 7) is 4.28. The smallest absolute Gasteiger partial charge is 0.220 e. The molecule has 4 heteroatoms. The van der Waals surface area contributed by atoms with Crippen LogP contribution in [-0.4, -0.2) is 11.9 Å². The fourth-order valence-corrected chi connectivity index (χ4v) is 3.08. The highest BCUT2D eigenvalue weighted by molar-refractivity contribution is 5.85. The molecule has 0 aromatic heterocycles. The molecular weight excluding hydrogens is 284 g/mol. The van der Waals surface area contributed by atoms with Crippen molar-refractivity contribution in [2.45, 2.75) is 51.6 Å². The van der Waals surface area contributed by atoms with Gasteiger partial charge in [-0.3, -0.25) is 4.79 Å². The van der Waals surface area contributed by atoms with Crippen molar-refractivity contribution in [3.63, 3.8) is 0 Å². The molecule has 1 aliphatic carbocycles. The monoisotopic (exact) mass is 310 g/mol. The molecule has 3 atom stereocenters. The van der Waals surface area contributed by atoms with Gasteiger partial charge in [0.1, 0.15) is 0 Å². The van der Waals surface area contributed by atoms with E-state index in [0.717, 1.165) is 19.3 Å². The molecule has 1 aliphatic rings. The highest BCUT2D eigenvalue weighted by atomic mass is 35.5. The lowest BCUT2D eigenvalue weighted by atomic mass is 9.94. The number of nitrogens with two attached hydrogens (primary N) is 1. The lowest BCUT2D eigenvalue weighted by molar-refractivity contribution is -0.123. The normalized spacial score (nSPS) is 22.7. The summed E-state index contributed by atoms with van der Waals surface area (Å²) in [5, 5.41) is 3.19. The average molecular weight is 311 g/mol. The Labute approximate surface area is 134 Å². The van der Waals surface area contributed by atoms with Crippen molar-refractivity contribution in [2.24, 2.45) is 17.6 Å². The number of carbonyl (C=O) groups is 1. The molecule has 1 fully saturated rings. The predicted octanol–water partition coefficient (Wildman–Crippen LogP) is 3.44. The van der Waals surface area contributed by atoms with Crippen molar-refractivity contribution < 1.29 is 4.79 Å². The molecule has 21 heavy (non-hydrogen) atoms. The second-order valence-electron chi connectivity index (χ2n) is 6.26. The number of amides is 1. The van der Waals surface area contributed by atoms with Crippen molar-refractivity contribution in [2.75, 3.05) is 0 Å². The second kappa shape index (κ2) is 8.40. The zero-order valence-corrected chi connectivity index (χ0v) is 13.7. The Morgan fingerprint density at radius 1 is 1.29 bits per heavy atom. The van der Waals surface area contributed by atoms with Gasteiger partial charge in [0, 0.05) is 12.5 Å². The molecule has 1 aromatic rings. The van der Waals surface area contributed by atoms with E-state index in [0.29, 0.717) is 18.3 Å². The van der Waals surface area contributed by atoms with Gasteiger partial charge in [0.2, 0.25) is 5.91 Å². The third-order valence-corrected chi connectivity index (χ3v) is 4.31. The van der Waals surface area contributed by atoms with Gasteiger partial charge in [-0.2, -0.15) is 0 Å². The van der Waals surface area contributed by atoms with Crippen LogP contribution in [0.4, 0.5) is 0 Å². The Hall–Kier alpha value is -1.06. The van der Waals surface area contributed by atoms with Gasteiger partial charge in [0.05, 0.1) is 6.04 Å². The molecule has 0 spiro atoms. The van der Waals surface area contributed by atoms with E-state index in [2.05, 4.69) is 31.3 Å². The minimum atomic E-state index is 0. The van der Waals surface area contributed by atoms with E-state index in [1.165, 1.54) is 5.56 Å². The van der Waals surface area contributed by atoms with Gasteiger partial charge in [0.25, 0.3) is 0 Å². The van der Waals surface area contributed by atoms with Gasteiger partial charge in [-0.25, -0.2) is 0 Å². The second-order valence-corrected chi connectivity index (χ2v) is 6.26. The summed E-state index contributed by atoms with van der Waals surface area (Å²) >= 11 is 0. The molecule has 0 aliphatic heterocycles. The molecule has 118 valence electrons. The third-order valence-electron chi connectivity index (χ3n) is 4.31. The average Bonchev–Trinajstić information content (AvgIpc) is 2.82. The molecule has 3 N–H and O–H groups in total. The van der Waals surface area contributed by atoms with E-state index in [-0.39, 0.29) is 30.4 Å². The number of nitrogens with one attached hydrogen (secondary N) is 1. The van der Waals surface area contributed by atoms with Crippen molar-refractivity contribution in [3.8, 4) is 0 Å². The number of benzene rings is 1. The van der Waals surface area contributed by atoms with Crippen LogP contribution in [0.3, 0.4) is 0 Å². The topological polar surface area (TPSA) is 55.1 Å². The van der Waals surface area contributed by atoms with Crippen LogP contribution in [0, 0.1) is 11.8 Å². The van der Waals surface area contributed by atoms with Crippen LogP contribution in [0.1, 0.15) is 51.1 Å². The molecule has 2 rings (SSSR count). The van der Waals surface area contributed by atoms with Crippen molar-refractivity contribution >= 4 is 18.3 Å². The van der Waals surface area contributed by atoms with Crippen molar-refractivity contribution in [1.82, 2.24) is 5.32 Å². The number of halogens is 1. The maximum Gasteiger partial charge on any atom is 0.220 e. The summed E-state index contributed by atoms with van der Waals surface area (Å²) in [5.41, 5.74) is 7.22. The first-order valence-corrected chi connectivity index (χ1v) is 7.68. The molecule has 0 bridgehead atoms. The van der Waals surface area contributed by atoms with E-state index >= 15 is 0 Å². The largest absolute Gasteiger partial charge is 0.349 e. The highest BCUT2D eigenvalue weighted by Crippen LogP contribution is 2.28. The summed E-state index contributed by atoms with van der Waals surface area (Å²) in [4.78, 5) is 12.3. The van der Waals surface area contributed by atoms with Gasteiger partial charge in [-0.05, 0) is 30.2 Å². The van der Waals surface area contributed by atoms with E-state index in [1.54, 1.807) is 0 Å². The summed E-state index contributed by atoms with van der Waals surface area (Å²) in [5.74, 6) is 0.868. The molecule has 0 saturated heterocycles. The molecule has 3 nitrogen and oxygen atoms in total. The molecular formula is C17H27ClN2O. The first kappa shape index (κ1) is 18.0. The summed E-state index contributed by atoms with van der Waals surface area (Å²) < 4.78 is 0. The first-order valence-electron chi connectivity index (χ1n) is 7.68. The lowest BCUT2D eigenvalue weighted by Crippen LogP contribution is -2.35. The van der Waals surface area contributed by atoms with E-state index in [1.807, 2.05) is 18.2 Å². The lowest BCUT2D eigenvalue weighted by Gasteiger charge is -2.24. The Morgan fingerprint density at radius 2 is 1.95 bits per heavy atom. The predicted molar refractivity (Wildman–Crippen MR) is 89.3 cm³/mol. The summed E-state index contributed by atoms with van der Waals surface area (Å²) in [7, 11) is 0. The third kappa shape index (κ3) is 5.01. The van der Waals surface area contributed by atoms with Crippen LogP contribution in [0.15, 0.2) is 30.3 Å². The fourth-order valence-electron chi connectivity index (χ4n) is 3.08. The van der Waals surface area contributed by atoms with Crippen LogP contribution >= 0.6 is 12.4 Å². The first-order chi connectivity index (χ1) is 9.58. The summed E-state index contributed by atoms with van der Waals surface area (Å²) in [6.07, 6.45) is 3.87. The van der Waals surface area contributed by atoms with Crippen LogP contribution < -0.4 is 11.1 Å². The molecule has 1 amide bonds. The fraction of sp³-hybridized carbons (Fsp3) is 0.588. The van der Waals surface area contributed by atoms with Crippen LogP contribution in [0.25, 0.3) is 0 Å². The zero-order chi connectivity index (χ0) is 14.5. The SMILES string of the molecule is CC(C)C(NC(=O)C[C@@H]1CCC[C@H]1N)c1ccccc1.Cl. The summed E-state index contributed by atoms with van der Waals surface area (Å²) in [6, 6.07) is 10.5. The minimum Gasteiger partial charge on any atom is -0.349 e. The Bertz CT molecular complexity index is 436. The molecule has 1 unspecified atom stereocenters. The Kier molecular flexibility index (Phi) is 7.20. The van der Waals surface area contributed by atoms with Gasteiger partial charge >= 0.3 is 0 Å². The zero-order valence-electron chi connectivity index (χ0n) is 12.9. The standard InChI is InChI=1S/C17H26N2O.ClH/c1-12(2)17(13-7-4-3-5-8-13)19-16(20)11-14-9-6-10-15(14)18;/h3-5,7-8,12,14-15,17H,6,9-11,18H2,1-2H3,(H,19,20);1H/t14-,15+,17?;/m0./s1. The van der Waals surface area contributed by atoms with Gasteiger partial charge < -0.3 is 11.1 Å². The number of hydrogen-bond acceptors (Lipinski definition) is 2. The van der Waals surface area contributed by atoms with E-state index in [4.69, 9.17) is 5.73 Å². The van der Waals surface area contributed by atoms with Crippen LogP contribution in [0.5, 0.6) is 0 Å².